The van der Waals surface area contributed by atoms with E-state index in [1.54, 1.807) is 0 Å². The van der Waals surface area contributed by atoms with Gasteiger partial charge in [0, 0.05) is 0 Å². The molecule has 0 aliphatic heterocycles. The van der Waals surface area contributed by atoms with Gasteiger partial charge < -0.3 is 20.6 Å². The Hall–Kier alpha value is -0.420. The number of aliphatic hydroxyl groups excluding tert-OH is 1. The first-order chi connectivity index (χ1) is 5.64. The largest absolute Gasteiger partial charge is 0.396 e. The zero-order valence-corrected chi connectivity index (χ0v) is 8.36. The Bertz CT molecular complexity index is 245. The van der Waals surface area contributed by atoms with Crippen LogP contribution in [0.3, 0.4) is 0 Å². The maximum atomic E-state index is 10.9. The molecule has 5 N–H and O–H groups in total. The van der Waals surface area contributed by atoms with Gasteiger partial charge in [0.25, 0.3) is 0 Å². The molecule has 1 atom stereocenters. The van der Waals surface area contributed by atoms with Gasteiger partial charge in [-0.05, 0) is 13.8 Å². The van der Waals surface area contributed by atoms with Crippen LogP contribution in [0, 0.1) is 5.92 Å². The summed E-state index contributed by atoms with van der Waals surface area (Å²) >= 11 is 0. The van der Waals surface area contributed by atoms with Crippen LogP contribution in [0.25, 0.3) is 0 Å². The summed E-state index contributed by atoms with van der Waals surface area (Å²) in [6.07, 6.45) is 0. The number of aliphatic hydroxyl groups is 1. The molecule has 1 unspecified atom stereocenters. The van der Waals surface area contributed by atoms with Gasteiger partial charge >= 0.3 is 7.60 Å². The molecule has 0 aliphatic carbocycles. The molecule has 0 spiro atoms. The number of hydrogen-bond donors (Lipinski definition) is 4. The summed E-state index contributed by atoms with van der Waals surface area (Å²) < 4.78 is 10.9. The molecular weight excluding hydrogens is 197 g/mol. The molecule has 1 amide bonds. The van der Waals surface area contributed by atoms with Crippen molar-refractivity contribution in [2.75, 3.05) is 6.61 Å². The van der Waals surface area contributed by atoms with E-state index < -0.39 is 31.2 Å². The molecular formula is C6H14NO5P. The van der Waals surface area contributed by atoms with Gasteiger partial charge in [0.1, 0.15) is 0 Å². The maximum absolute atomic E-state index is 10.9. The SMILES string of the molecule is CC(C)(C(CO)C(N)=O)P(=O)(O)O. The van der Waals surface area contributed by atoms with Crippen LogP contribution in [0.1, 0.15) is 13.8 Å². The molecule has 0 bridgehead atoms. The molecule has 78 valence electrons. The lowest BCUT2D eigenvalue weighted by molar-refractivity contribution is -0.124. The van der Waals surface area contributed by atoms with E-state index >= 15 is 0 Å². The zero-order chi connectivity index (χ0) is 10.9. The van der Waals surface area contributed by atoms with E-state index in [0.29, 0.717) is 0 Å². The lowest BCUT2D eigenvalue weighted by Gasteiger charge is -2.31. The number of amides is 1. The molecule has 0 saturated heterocycles. The number of nitrogens with two attached hydrogens (primary N) is 1. The van der Waals surface area contributed by atoms with Gasteiger partial charge in [0.15, 0.2) is 0 Å². The fourth-order valence-electron chi connectivity index (χ4n) is 0.865. The molecule has 0 aromatic heterocycles. The number of carbonyl (C=O) groups is 1. The van der Waals surface area contributed by atoms with Crippen LogP contribution in [-0.4, -0.2) is 32.6 Å². The molecule has 0 radical (unpaired) electrons. The van der Waals surface area contributed by atoms with Crippen LogP contribution in [0.4, 0.5) is 0 Å². The highest BCUT2D eigenvalue weighted by atomic mass is 31.2. The predicted molar refractivity (Wildman–Crippen MR) is 45.9 cm³/mol. The van der Waals surface area contributed by atoms with Crippen molar-refractivity contribution in [3.63, 3.8) is 0 Å². The number of carbonyl (C=O) groups excluding carboxylic acids is 1. The summed E-state index contributed by atoms with van der Waals surface area (Å²) in [4.78, 5) is 28.5. The number of primary amides is 1. The fraction of sp³-hybridized carbons (Fsp3) is 0.833. The lowest BCUT2D eigenvalue weighted by atomic mass is 9.95. The van der Waals surface area contributed by atoms with E-state index in [1.807, 2.05) is 0 Å². The topological polar surface area (TPSA) is 121 Å². The molecule has 0 aromatic carbocycles. The van der Waals surface area contributed by atoms with Crippen LogP contribution in [0.15, 0.2) is 0 Å². The van der Waals surface area contributed by atoms with Crippen molar-refractivity contribution >= 4 is 13.5 Å². The average Bonchev–Trinajstić information content (AvgIpc) is 1.83. The normalized spacial score (nSPS) is 15.5. The smallest absolute Gasteiger partial charge is 0.331 e. The Labute approximate surface area is 75.9 Å². The minimum absolute atomic E-state index is 0.673. The minimum Gasteiger partial charge on any atom is -0.396 e. The molecule has 7 heteroatoms. The third-order valence-corrected chi connectivity index (χ3v) is 3.94. The summed E-state index contributed by atoms with van der Waals surface area (Å²) in [5, 5.41) is 7.12. The number of hydrogen-bond acceptors (Lipinski definition) is 3. The van der Waals surface area contributed by atoms with Crippen molar-refractivity contribution in [1.29, 1.82) is 0 Å². The summed E-state index contributed by atoms with van der Waals surface area (Å²) in [6.45, 7) is 1.71. The van der Waals surface area contributed by atoms with Gasteiger partial charge in [-0.15, -0.1) is 0 Å². The summed E-state index contributed by atoms with van der Waals surface area (Å²) in [5.41, 5.74) is 4.89. The Morgan fingerprint density at radius 2 is 1.92 bits per heavy atom. The van der Waals surface area contributed by atoms with Crippen molar-refractivity contribution < 1.29 is 24.3 Å². The summed E-state index contributed by atoms with van der Waals surface area (Å²) in [7, 11) is -4.46. The molecule has 0 rings (SSSR count). The van der Waals surface area contributed by atoms with Crippen molar-refractivity contribution in [2.45, 2.75) is 19.0 Å². The molecule has 0 aromatic rings. The predicted octanol–water partition coefficient (Wildman–Crippen LogP) is -0.963. The molecule has 0 saturated carbocycles. The molecule has 0 heterocycles. The van der Waals surface area contributed by atoms with Gasteiger partial charge in [0.2, 0.25) is 5.91 Å². The van der Waals surface area contributed by atoms with E-state index in [2.05, 4.69) is 0 Å². The van der Waals surface area contributed by atoms with Crippen LogP contribution in [0.5, 0.6) is 0 Å². The van der Waals surface area contributed by atoms with E-state index in [4.69, 9.17) is 20.6 Å². The summed E-state index contributed by atoms with van der Waals surface area (Å²) in [5.74, 6) is -2.16. The molecule has 0 aliphatic rings. The highest BCUT2D eigenvalue weighted by Gasteiger charge is 2.47. The van der Waals surface area contributed by atoms with Crippen molar-refractivity contribution in [2.24, 2.45) is 11.7 Å². The Morgan fingerprint density at radius 3 is 2.00 bits per heavy atom. The highest BCUT2D eigenvalue weighted by molar-refractivity contribution is 7.53. The maximum Gasteiger partial charge on any atom is 0.331 e. The zero-order valence-electron chi connectivity index (χ0n) is 7.47. The van der Waals surface area contributed by atoms with Gasteiger partial charge in [-0.25, -0.2) is 0 Å². The third-order valence-electron chi connectivity index (χ3n) is 2.13. The molecule has 6 nitrogen and oxygen atoms in total. The Balaban J connectivity index is 5.00. The van der Waals surface area contributed by atoms with Gasteiger partial charge in [-0.3, -0.25) is 9.36 Å². The first-order valence-corrected chi connectivity index (χ1v) is 5.21. The highest BCUT2D eigenvalue weighted by Crippen LogP contribution is 2.53. The first kappa shape index (κ1) is 12.6. The standard InChI is InChI=1S/C6H14NO5P/c1-6(2,13(10,11)12)4(3-8)5(7)9/h4,8H,3H2,1-2H3,(H2,7,9)(H2,10,11,12). The van der Waals surface area contributed by atoms with Crippen LogP contribution >= 0.6 is 7.60 Å². The average molecular weight is 211 g/mol. The lowest BCUT2D eigenvalue weighted by Crippen LogP contribution is -2.42. The monoisotopic (exact) mass is 211 g/mol. The van der Waals surface area contributed by atoms with Crippen LogP contribution < -0.4 is 5.73 Å². The van der Waals surface area contributed by atoms with Crippen LogP contribution in [0.2, 0.25) is 0 Å². The van der Waals surface area contributed by atoms with E-state index in [1.165, 1.54) is 13.8 Å². The Morgan fingerprint density at radius 1 is 1.54 bits per heavy atom. The molecule has 0 fully saturated rings. The van der Waals surface area contributed by atoms with Crippen LogP contribution in [-0.2, 0) is 9.36 Å². The quantitative estimate of drug-likeness (QED) is 0.446. The van der Waals surface area contributed by atoms with Crippen molar-refractivity contribution in [3.8, 4) is 0 Å². The number of rotatable bonds is 4. The van der Waals surface area contributed by atoms with E-state index in [-0.39, 0.29) is 0 Å². The van der Waals surface area contributed by atoms with Gasteiger partial charge in [-0.1, -0.05) is 0 Å². The van der Waals surface area contributed by atoms with E-state index in [0.717, 1.165) is 0 Å². The Kier molecular flexibility index (Phi) is 3.63. The van der Waals surface area contributed by atoms with Crippen molar-refractivity contribution in [3.05, 3.63) is 0 Å². The van der Waals surface area contributed by atoms with Gasteiger partial charge in [-0.2, -0.15) is 0 Å². The molecule has 13 heavy (non-hydrogen) atoms. The second-order valence-electron chi connectivity index (χ2n) is 3.34. The second-order valence-corrected chi connectivity index (χ2v) is 5.58. The second kappa shape index (κ2) is 3.75. The first-order valence-electron chi connectivity index (χ1n) is 3.60. The minimum atomic E-state index is -4.46. The van der Waals surface area contributed by atoms with Gasteiger partial charge in [0.05, 0.1) is 17.7 Å². The third kappa shape index (κ3) is 2.51. The van der Waals surface area contributed by atoms with E-state index in [9.17, 15) is 9.36 Å². The fourth-order valence-corrected chi connectivity index (χ4v) is 1.48. The summed E-state index contributed by atoms with van der Waals surface area (Å²) in [6, 6.07) is 0. The van der Waals surface area contributed by atoms with Crippen molar-refractivity contribution in [1.82, 2.24) is 0 Å².